The normalized spacial score (nSPS) is 16.2. The number of aliphatic hydroxyl groups excluding tert-OH is 1. The predicted molar refractivity (Wildman–Crippen MR) is 166 cm³/mol. The van der Waals surface area contributed by atoms with Crippen molar-refractivity contribution in [2.45, 2.75) is 48.7 Å². The lowest BCUT2D eigenvalue weighted by molar-refractivity contribution is -0.132. The Morgan fingerprint density at radius 2 is 1.74 bits per heavy atom. The molecule has 1 aliphatic heterocycles. The van der Waals surface area contributed by atoms with Crippen molar-refractivity contribution in [3.63, 3.8) is 0 Å². The highest BCUT2D eigenvalue weighted by Crippen LogP contribution is 2.44. The highest BCUT2D eigenvalue weighted by atomic mass is 35.5. The number of hydrogen-bond acceptors (Lipinski definition) is 9. The van der Waals surface area contributed by atoms with Gasteiger partial charge in [0.25, 0.3) is 5.78 Å². The van der Waals surface area contributed by atoms with Crippen molar-refractivity contribution in [2.75, 3.05) is 11.5 Å². The zero-order valence-corrected chi connectivity index (χ0v) is 25.3. The van der Waals surface area contributed by atoms with Crippen LogP contribution >= 0.6 is 34.7 Å². The minimum atomic E-state index is -0.904. The number of benzene rings is 2. The smallest absolute Gasteiger partial charge is 0.301 e. The number of halogens is 1. The first-order valence-electron chi connectivity index (χ1n) is 13.6. The van der Waals surface area contributed by atoms with E-state index in [0.29, 0.717) is 38.6 Å². The average Bonchev–Trinajstić information content (AvgIpc) is 3.59. The number of hydrogen-bond donors (Lipinski definition) is 1. The second-order valence-corrected chi connectivity index (χ2v) is 12.3. The molecule has 1 aliphatic rings. The number of Topliss-reactive ketones (excluding diaryl/α,β-unsaturated/α-hetero) is 1. The monoisotopic (exact) mass is 620 g/mol. The molecular weight excluding hydrogens is 592 g/mol. The Kier molecular flexibility index (Phi) is 9.89. The Bertz CT molecular complexity index is 1560. The standard InChI is InChI=1S/C31H29ClN4O4S2/c1-2-3-4-5-18-40-24-12-8-21(9-13-24)26-25(27(37)22-14-16-33-17-15-22)28(38)29(39)36(26)30-34-35-31(42-30)41-19-20-6-10-23(32)11-7-20/h6-17,26,37H,2-5,18-19H2,1H3/b27-25+. The van der Waals surface area contributed by atoms with E-state index < -0.39 is 17.7 Å². The summed E-state index contributed by atoms with van der Waals surface area (Å²) in [5, 5.41) is 20.7. The van der Waals surface area contributed by atoms with Crippen molar-refractivity contribution in [3.05, 3.63) is 100 Å². The van der Waals surface area contributed by atoms with Gasteiger partial charge in [-0.3, -0.25) is 19.5 Å². The summed E-state index contributed by atoms with van der Waals surface area (Å²) in [5.74, 6) is -0.524. The lowest BCUT2D eigenvalue weighted by Gasteiger charge is -2.22. The van der Waals surface area contributed by atoms with E-state index in [1.807, 2.05) is 48.5 Å². The number of pyridine rings is 1. The van der Waals surface area contributed by atoms with Crippen LogP contribution in [0.3, 0.4) is 0 Å². The van der Waals surface area contributed by atoms with E-state index in [-0.39, 0.29) is 16.5 Å². The molecule has 2 aromatic carbocycles. The summed E-state index contributed by atoms with van der Waals surface area (Å²) in [5.41, 5.74) is 2.06. The molecule has 0 spiro atoms. The Hall–Kier alpha value is -3.73. The van der Waals surface area contributed by atoms with Gasteiger partial charge in [-0.25, -0.2) is 0 Å². The first-order chi connectivity index (χ1) is 20.5. The molecule has 1 amide bonds. The number of amides is 1. The lowest BCUT2D eigenvalue weighted by atomic mass is 9.95. The zero-order valence-electron chi connectivity index (χ0n) is 22.9. The zero-order chi connectivity index (χ0) is 29.5. The van der Waals surface area contributed by atoms with Gasteiger partial charge in [0.15, 0.2) is 4.34 Å². The van der Waals surface area contributed by atoms with E-state index >= 15 is 0 Å². The van der Waals surface area contributed by atoms with Crippen molar-refractivity contribution >= 4 is 57.3 Å². The van der Waals surface area contributed by atoms with Crippen LogP contribution in [-0.4, -0.2) is 38.6 Å². The molecule has 4 aromatic rings. The predicted octanol–water partition coefficient (Wildman–Crippen LogP) is 7.46. The van der Waals surface area contributed by atoms with Gasteiger partial charge in [0.05, 0.1) is 18.2 Å². The lowest BCUT2D eigenvalue weighted by Crippen LogP contribution is -2.29. The van der Waals surface area contributed by atoms with Crippen LogP contribution in [0.2, 0.25) is 5.02 Å². The van der Waals surface area contributed by atoms with Gasteiger partial charge in [-0.05, 0) is 53.9 Å². The van der Waals surface area contributed by atoms with Gasteiger partial charge >= 0.3 is 5.91 Å². The van der Waals surface area contributed by atoms with Crippen molar-refractivity contribution in [1.82, 2.24) is 15.2 Å². The van der Waals surface area contributed by atoms with Gasteiger partial charge in [-0.1, -0.05) is 85.2 Å². The first kappa shape index (κ1) is 29.8. The summed E-state index contributed by atoms with van der Waals surface area (Å²) in [6, 6.07) is 17.0. The first-order valence-corrected chi connectivity index (χ1v) is 15.8. The van der Waals surface area contributed by atoms with Crippen LogP contribution < -0.4 is 9.64 Å². The maximum Gasteiger partial charge on any atom is 0.301 e. The number of anilines is 1. The number of ether oxygens (including phenoxy) is 1. The summed E-state index contributed by atoms with van der Waals surface area (Å²) in [6.07, 6.45) is 7.44. The molecule has 0 saturated carbocycles. The van der Waals surface area contributed by atoms with E-state index in [9.17, 15) is 14.7 Å². The van der Waals surface area contributed by atoms with Gasteiger partial charge in [-0.2, -0.15) is 0 Å². The fourth-order valence-electron chi connectivity index (χ4n) is 4.56. The summed E-state index contributed by atoms with van der Waals surface area (Å²) in [4.78, 5) is 32.2. The summed E-state index contributed by atoms with van der Waals surface area (Å²) in [6.45, 7) is 2.78. The number of aromatic nitrogens is 3. The van der Waals surface area contributed by atoms with Crippen LogP contribution in [0.1, 0.15) is 55.3 Å². The largest absolute Gasteiger partial charge is 0.507 e. The molecule has 1 saturated heterocycles. The third kappa shape index (κ3) is 6.83. The van der Waals surface area contributed by atoms with Crippen molar-refractivity contribution in [3.8, 4) is 5.75 Å². The number of aliphatic hydroxyl groups is 1. The van der Waals surface area contributed by atoms with Crippen molar-refractivity contribution in [2.24, 2.45) is 0 Å². The van der Waals surface area contributed by atoms with Gasteiger partial charge in [0, 0.05) is 28.7 Å². The fourth-order valence-corrected chi connectivity index (χ4v) is 6.51. The Morgan fingerprint density at radius 3 is 2.45 bits per heavy atom. The second-order valence-electron chi connectivity index (χ2n) is 9.65. The molecule has 216 valence electrons. The molecule has 1 N–H and O–H groups in total. The topological polar surface area (TPSA) is 106 Å². The quantitative estimate of drug-likeness (QED) is 0.0434. The molecule has 0 bridgehead atoms. The molecule has 0 radical (unpaired) electrons. The Balaban J connectivity index is 1.44. The minimum absolute atomic E-state index is 0.0231. The third-order valence-electron chi connectivity index (χ3n) is 6.74. The van der Waals surface area contributed by atoms with Crippen LogP contribution in [0.5, 0.6) is 5.75 Å². The molecule has 2 aromatic heterocycles. The highest BCUT2D eigenvalue weighted by molar-refractivity contribution is 8.00. The Labute approximate surface area is 257 Å². The SMILES string of the molecule is CCCCCCOc1ccc(C2/C(=C(\O)c3ccncc3)C(=O)C(=O)N2c2nnc(SCc3ccc(Cl)cc3)s2)cc1. The summed E-state index contributed by atoms with van der Waals surface area (Å²) < 4.78 is 6.53. The van der Waals surface area contributed by atoms with Crippen LogP contribution in [0, 0.1) is 0 Å². The minimum Gasteiger partial charge on any atom is -0.507 e. The second kappa shape index (κ2) is 14.0. The molecular formula is C31H29ClN4O4S2. The van der Waals surface area contributed by atoms with E-state index in [2.05, 4.69) is 22.1 Å². The van der Waals surface area contributed by atoms with E-state index in [1.54, 1.807) is 12.1 Å². The molecule has 42 heavy (non-hydrogen) atoms. The number of carbonyl (C=O) groups excluding carboxylic acids is 2. The number of carbonyl (C=O) groups is 2. The number of rotatable bonds is 12. The summed E-state index contributed by atoms with van der Waals surface area (Å²) in [7, 11) is 0. The molecule has 1 fully saturated rings. The molecule has 1 atom stereocenters. The van der Waals surface area contributed by atoms with Gasteiger partial charge in [0.1, 0.15) is 11.5 Å². The van der Waals surface area contributed by atoms with Crippen LogP contribution in [0.4, 0.5) is 5.13 Å². The number of unbranched alkanes of at least 4 members (excludes halogenated alkanes) is 3. The number of thioether (sulfide) groups is 1. The van der Waals surface area contributed by atoms with Crippen LogP contribution in [0.25, 0.3) is 5.76 Å². The number of ketones is 1. The van der Waals surface area contributed by atoms with Gasteiger partial charge < -0.3 is 9.84 Å². The van der Waals surface area contributed by atoms with Crippen LogP contribution in [0.15, 0.2) is 83.0 Å². The molecule has 3 heterocycles. The Morgan fingerprint density at radius 1 is 1.00 bits per heavy atom. The third-order valence-corrected chi connectivity index (χ3v) is 9.12. The highest BCUT2D eigenvalue weighted by Gasteiger charge is 2.48. The van der Waals surface area contributed by atoms with E-state index in [4.69, 9.17) is 16.3 Å². The molecule has 0 aliphatic carbocycles. The van der Waals surface area contributed by atoms with Crippen molar-refractivity contribution in [1.29, 1.82) is 0 Å². The molecule has 11 heteroatoms. The number of nitrogens with zero attached hydrogens (tertiary/aromatic N) is 4. The fraction of sp³-hybridized carbons (Fsp3) is 0.258. The average molecular weight is 621 g/mol. The molecule has 1 unspecified atom stereocenters. The van der Waals surface area contributed by atoms with E-state index in [0.717, 1.165) is 24.8 Å². The summed E-state index contributed by atoms with van der Waals surface area (Å²) >= 11 is 8.68. The van der Waals surface area contributed by atoms with Crippen LogP contribution in [-0.2, 0) is 15.3 Å². The molecule has 8 nitrogen and oxygen atoms in total. The van der Waals surface area contributed by atoms with Gasteiger partial charge in [0.2, 0.25) is 5.13 Å². The maximum atomic E-state index is 13.5. The molecule has 5 rings (SSSR count). The maximum absolute atomic E-state index is 13.5. The van der Waals surface area contributed by atoms with Crippen molar-refractivity contribution < 1.29 is 19.4 Å². The van der Waals surface area contributed by atoms with E-state index in [1.165, 1.54) is 46.8 Å². The van der Waals surface area contributed by atoms with Gasteiger partial charge in [-0.15, -0.1) is 10.2 Å².